The third-order valence-electron chi connectivity index (χ3n) is 4.57. The van der Waals surface area contributed by atoms with E-state index in [2.05, 4.69) is 15.3 Å². The number of aryl methyl sites for hydroxylation is 1. The highest BCUT2D eigenvalue weighted by Crippen LogP contribution is 2.32. The highest BCUT2D eigenvalue weighted by atomic mass is 16.7. The van der Waals surface area contributed by atoms with E-state index in [0.29, 0.717) is 30.5 Å². The van der Waals surface area contributed by atoms with Crippen molar-refractivity contribution < 1.29 is 14.3 Å². The molecule has 7 nitrogen and oxygen atoms in total. The van der Waals surface area contributed by atoms with Crippen LogP contribution in [0.25, 0.3) is 0 Å². The van der Waals surface area contributed by atoms with Crippen LogP contribution in [0.1, 0.15) is 27.3 Å². The van der Waals surface area contributed by atoms with Crippen LogP contribution in [-0.4, -0.2) is 29.7 Å². The van der Waals surface area contributed by atoms with Crippen LogP contribution in [0.15, 0.2) is 54.6 Å². The number of anilines is 1. The number of carbonyl (C=O) groups is 1. The van der Waals surface area contributed by atoms with E-state index in [9.17, 15) is 4.79 Å². The molecule has 0 fully saturated rings. The van der Waals surface area contributed by atoms with Crippen molar-refractivity contribution in [2.24, 2.45) is 0 Å². The third kappa shape index (κ3) is 4.45. The number of aromatic nitrogens is 2. The highest BCUT2D eigenvalue weighted by Gasteiger charge is 2.15. The van der Waals surface area contributed by atoms with E-state index >= 15 is 0 Å². The molecule has 0 saturated heterocycles. The minimum Gasteiger partial charge on any atom is -0.454 e. The van der Waals surface area contributed by atoms with E-state index in [-0.39, 0.29) is 12.7 Å². The van der Waals surface area contributed by atoms with Crippen LogP contribution in [0, 0.1) is 6.92 Å². The van der Waals surface area contributed by atoms with E-state index in [4.69, 9.17) is 9.47 Å². The van der Waals surface area contributed by atoms with Gasteiger partial charge >= 0.3 is 0 Å². The SMILES string of the molecule is Cc1cc(C(=O)NCc2ccc3c(c2)OCO3)nc(N(C)Cc2ccccc2)n1. The van der Waals surface area contributed by atoms with Crippen molar-refractivity contribution in [2.75, 3.05) is 18.7 Å². The third-order valence-corrected chi connectivity index (χ3v) is 4.57. The van der Waals surface area contributed by atoms with E-state index in [1.54, 1.807) is 6.07 Å². The van der Waals surface area contributed by atoms with Gasteiger partial charge in [-0.15, -0.1) is 0 Å². The van der Waals surface area contributed by atoms with Crippen LogP contribution in [0.4, 0.5) is 5.95 Å². The molecular weight excluding hydrogens is 368 g/mol. The minimum atomic E-state index is -0.248. The Labute approximate surface area is 169 Å². The quantitative estimate of drug-likeness (QED) is 0.697. The molecule has 1 amide bonds. The summed E-state index contributed by atoms with van der Waals surface area (Å²) in [5.74, 6) is 1.68. The Morgan fingerprint density at radius 3 is 2.66 bits per heavy atom. The fourth-order valence-electron chi connectivity index (χ4n) is 3.09. The molecule has 2 heterocycles. The largest absolute Gasteiger partial charge is 0.454 e. The standard InChI is InChI=1S/C22H22N4O3/c1-15-10-18(25-22(24-15)26(2)13-16-6-4-3-5-7-16)21(27)23-12-17-8-9-19-20(11-17)29-14-28-19/h3-11H,12-14H2,1-2H3,(H,23,27). The number of nitrogens with one attached hydrogen (secondary N) is 1. The molecule has 7 heteroatoms. The van der Waals surface area contributed by atoms with Crippen molar-refractivity contribution in [3.05, 3.63) is 77.1 Å². The monoisotopic (exact) mass is 390 g/mol. The zero-order chi connectivity index (χ0) is 20.2. The van der Waals surface area contributed by atoms with Crippen LogP contribution in [0.3, 0.4) is 0 Å². The van der Waals surface area contributed by atoms with Gasteiger partial charge in [-0.05, 0) is 36.2 Å². The van der Waals surface area contributed by atoms with Gasteiger partial charge in [0.2, 0.25) is 12.7 Å². The molecule has 0 atom stereocenters. The molecule has 1 aliphatic rings. The van der Waals surface area contributed by atoms with Crippen molar-refractivity contribution in [1.82, 2.24) is 15.3 Å². The number of amides is 1. The van der Waals surface area contributed by atoms with Crippen LogP contribution in [0.2, 0.25) is 0 Å². The summed E-state index contributed by atoms with van der Waals surface area (Å²) in [6, 6.07) is 17.4. The first-order chi connectivity index (χ1) is 14.1. The average molecular weight is 390 g/mol. The van der Waals surface area contributed by atoms with E-state index < -0.39 is 0 Å². The lowest BCUT2D eigenvalue weighted by Gasteiger charge is -2.18. The van der Waals surface area contributed by atoms with Gasteiger partial charge in [0.1, 0.15) is 5.69 Å². The van der Waals surface area contributed by atoms with Crippen LogP contribution < -0.4 is 19.7 Å². The summed E-state index contributed by atoms with van der Waals surface area (Å²) in [6.45, 7) is 3.11. The van der Waals surface area contributed by atoms with Gasteiger partial charge in [-0.25, -0.2) is 9.97 Å². The van der Waals surface area contributed by atoms with Gasteiger partial charge in [-0.2, -0.15) is 0 Å². The molecule has 0 unspecified atom stereocenters. The highest BCUT2D eigenvalue weighted by molar-refractivity contribution is 5.92. The fraction of sp³-hybridized carbons (Fsp3) is 0.227. The molecule has 0 bridgehead atoms. The van der Waals surface area contributed by atoms with Gasteiger partial charge in [0.05, 0.1) is 0 Å². The molecule has 0 saturated carbocycles. The summed E-state index contributed by atoms with van der Waals surface area (Å²) in [6.07, 6.45) is 0. The van der Waals surface area contributed by atoms with Crippen molar-refractivity contribution >= 4 is 11.9 Å². The zero-order valence-electron chi connectivity index (χ0n) is 16.4. The lowest BCUT2D eigenvalue weighted by atomic mass is 10.2. The number of hydrogen-bond acceptors (Lipinski definition) is 6. The Bertz CT molecular complexity index is 1020. The van der Waals surface area contributed by atoms with Crippen LogP contribution in [-0.2, 0) is 13.1 Å². The number of rotatable bonds is 6. The second kappa shape index (κ2) is 8.18. The molecular formula is C22H22N4O3. The predicted octanol–water partition coefficient (Wildman–Crippen LogP) is 3.08. The maximum absolute atomic E-state index is 12.7. The molecule has 2 aromatic carbocycles. The normalized spacial score (nSPS) is 11.9. The number of ether oxygens (including phenoxy) is 2. The Balaban J connectivity index is 1.44. The lowest BCUT2D eigenvalue weighted by Crippen LogP contribution is -2.26. The van der Waals surface area contributed by atoms with Crippen molar-refractivity contribution in [3.63, 3.8) is 0 Å². The number of benzene rings is 2. The molecule has 148 valence electrons. The van der Waals surface area contributed by atoms with E-state index in [1.807, 2.05) is 67.4 Å². The molecule has 0 radical (unpaired) electrons. The lowest BCUT2D eigenvalue weighted by molar-refractivity contribution is 0.0945. The fourth-order valence-corrected chi connectivity index (χ4v) is 3.09. The average Bonchev–Trinajstić information content (AvgIpc) is 3.20. The molecule has 1 N–H and O–H groups in total. The summed E-state index contributed by atoms with van der Waals surface area (Å²) in [7, 11) is 1.91. The molecule has 4 rings (SSSR count). The Morgan fingerprint density at radius 2 is 1.83 bits per heavy atom. The Hall–Kier alpha value is -3.61. The van der Waals surface area contributed by atoms with Gasteiger partial charge in [0.15, 0.2) is 11.5 Å². The summed E-state index contributed by atoms with van der Waals surface area (Å²) < 4.78 is 10.7. The Kier molecular flexibility index (Phi) is 5.29. The minimum absolute atomic E-state index is 0.227. The summed E-state index contributed by atoms with van der Waals surface area (Å²) in [5, 5.41) is 2.91. The second-order valence-corrected chi connectivity index (χ2v) is 6.91. The molecule has 29 heavy (non-hydrogen) atoms. The summed E-state index contributed by atoms with van der Waals surface area (Å²) in [5.41, 5.74) is 3.15. The first-order valence-corrected chi connectivity index (χ1v) is 9.36. The van der Waals surface area contributed by atoms with E-state index in [1.165, 1.54) is 0 Å². The topological polar surface area (TPSA) is 76.6 Å². The number of carbonyl (C=O) groups excluding carboxylic acids is 1. The van der Waals surface area contributed by atoms with Gasteiger partial charge in [0, 0.05) is 25.8 Å². The van der Waals surface area contributed by atoms with Gasteiger partial charge in [-0.1, -0.05) is 36.4 Å². The first kappa shape index (κ1) is 18.7. The molecule has 0 aliphatic carbocycles. The molecule has 0 spiro atoms. The van der Waals surface area contributed by atoms with Crippen molar-refractivity contribution in [1.29, 1.82) is 0 Å². The molecule has 1 aromatic heterocycles. The second-order valence-electron chi connectivity index (χ2n) is 6.91. The Morgan fingerprint density at radius 1 is 1.03 bits per heavy atom. The molecule has 3 aromatic rings. The number of fused-ring (bicyclic) bond motifs is 1. The van der Waals surface area contributed by atoms with Crippen molar-refractivity contribution in [2.45, 2.75) is 20.0 Å². The maximum Gasteiger partial charge on any atom is 0.270 e. The predicted molar refractivity (Wildman–Crippen MR) is 109 cm³/mol. The summed E-state index contributed by atoms with van der Waals surface area (Å²) in [4.78, 5) is 23.5. The van der Waals surface area contributed by atoms with Crippen molar-refractivity contribution in [3.8, 4) is 11.5 Å². The smallest absolute Gasteiger partial charge is 0.270 e. The molecule has 1 aliphatic heterocycles. The maximum atomic E-state index is 12.7. The first-order valence-electron chi connectivity index (χ1n) is 9.36. The zero-order valence-corrected chi connectivity index (χ0v) is 16.4. The van der Waals surface area contributed by atoms with Crippen LogP contribution in [0.5, 0.6) is 11.5 Å². The van der Waals surface area contributed by atoms with E-state index in [0.717, 1.165) is 22.6 Å². The number of hydrogen-bond donors (Lipinski definition) is 1. The van der Waals surface area contributed by atoms with Gasteiger partial charge in [0.25, 0.3) is 5.91 Å². The van der Waals surface area contributed by atoms with Crippen LogP contribution >= 0.6 is 0 Å². The van der Waals surface area contributed by atoms with Gasteiger partial charge in [-0.3, -0.25) is 4.79 Å². The van der Waals surface area contributed by atoms with Gasteiger partial charge < -0.3 is 19.7 Å². The summed E-state index contributed by atoms with van der Waals surface area (Å²) >= 11 is 0. The number of nitrogens with zero attached hydrogens (tertiary/aromatic N) is 3.